The van der Waals surface area contributed by atoms with Gasteiger partial charge >= 0.3 is 0 Å². The number of amides is 2. The van der Waals surface area contributed by atoms with Crippen LogP contribution in [-0.2, 0) is 9.59 Å². The average Bonchev–Trinajstić information content (AvgIpc) is 3.03. The molecule has 0 unspecified atom stereocenters. The van der Waals surface area contributed by atoms with E-state index < -0.39 is 5.91 Å². The Morgan fingerprint density at radius 2 is 1.88 bits per heavy atom. The van der Waals surface area contributed by atoms with E-state index in [9.17, 15) is 9.59 Å². The third kappa shape index (κ3) is 6.61. The molecule has 0 bridgehead atoms. The van der Waals surface area contributed by atoms with E-state index in [1.807, 2.05) is 50.3 Å². The molecule has 0 radical (unpaired) electrons. The number of hydrogen-bond acceptors (Lipinski definition) is 6. The van der Waals surface area contributed by atoms with E-state index in [-0.39, 0.29) is 12.5 Å². The van der Waals surface area contributed by atoms with E-state index >= 15 is 0 Å². The maximum absolute atomic E-state index is 13.2. The summed E-state index contributed by atoms with van der Waals surface area (Å²) < 4.78 is 11.1. The van der Waals surface area contributed by atoms with Gasteiger partial charge in [0.05, 0.1) is 17.2 Å². The van der Waals surface area contributed by atoms with E-state index in [1.54, 1.807) is 17.0 Å². The standard InChI is InChI=1S/C25H29N3O4S/c1-5-31-21-12-18(8-11-20(21)32-15-23(26)29)13-22-24(30)28(14-16(2)3)25(33-22)27-19-9-6-17(4)7-10-19/h6-13,16H,5,14-15H2,1-4H3,(H2,26,29)/b22-13+,27-25?. The summed E-state index contributed by atoms with van der Waals surface area (Å²) in [6.45, 7) is 8.80. The summed E-state index contributed by atoms with van der Waals surface area (Å²) in [6.07, 6.45) is 1.82. The number of nitrogens with two attached hydrogens (primary N) is 1. The highest BCUT2D eigenvalue weighted by Crippen LogP contribution is 2.36. The molecule has 1 aliphatic rings. The Bertz CT molecular complexity index is 1080. The summed E-state index contributed by atoms with van der Waals surface area (Å²) in [5, 5.41) is 0.662. The van der Waals surface area contributed by atoms with E-state index in [2.05, 4.69) is 13.8 Å². The quantitative estimate of drug-likeness (QED) is 0.547. The van der Waals surface area contributed by atoms with Gasteiger partial charge in [0, 0.05) is 6.54 Å². The molecule has 1 saturated heterocycles. The van der Waals surface area contributed by atoms with Crippen molar-refractivity contribution in [2.45, 2.75) is 27.7 Å². The molecule has 2 amide bonds. The van der Waals surface area contributed by atoms with Gasteiger partial charge in [0.2, 0.25) is 0 Å². The van der Waals surface area contributed by atoms with Crippen molar-refractivity contribution >= 4 is 40.5 Å². The molecule has 8 heteroatoms. The van der Waals surface area contributed by atoms with E-state index in [1.165, 1.54) is 11.8 Å². The van der Waals surface area contributed by atoms with Crippen LogP contribution < -0.4 is 15.2 Å². The van der Waals surface area contributed by atoms with Crippen molar-refractivity contribution in [3.8, 4) is 11.5 Å². The normalized spacial score (nSPS) is 16.2. The van der Waals surface area contributed by atoms with Crippen molar-refractivity contribution in [1.82, 2.24) is 4.90 Å². The Morgan fingerprint density at radius 1 is 1.15 bits per heavy atom. The predicted octanol–water partition coefficient (Wildman–Crippen LogP) is 4.52. The van der Waals surface area contributed by atoms with Crippen LogP contribution in [0.3, 0.4) is 0 Å². The molecule has 0 aliphatic carbocycles. The zero-order valence-electron chi connectivity index (χ0n) is 19.3. The maximum Gasteiger partial charge on any atom is 0.266 e. The van der Waals surface area contributed by atoms with Crippen LogP contribution in [-0.4, -0.2) is 41.6 Å². The highest BCUT2D eigenvalue weighted by molar-refractivity contribution is 8.18. The number of thioether (sulfide) groups is 1. The van der Waals surface area contributed by atoms with Gasteiger partial charge in [0.25, 0.3) is 11.8 Å². The van der Waals surface area contributed by atoms with Crippen molar-refractivity contribution in [2.24, 2.45) is 16.6 Å². The SMILES string of the molecule is CCOc1cc(/C=C2/SC(=Nc3ccc(C)cc3)N(CC(C)C)C2=O)ccc1OCC(N)=O. The number of nitrogens with zero attached hydrogens (tertiary/aromatic N) is 2. The van der Waals surface area contributed by atoms with E-state index in [4.69, 9.17) is 20.2 Å². The van der Waals surface area contributed by atoms with Crippen LogP contribution in [0.1, 0.15) is 31.9 Å². The van der Waals surface area contributed by atoms with Crippen molar-refractivity contribution in [2.75, 3.05) is 19.8 Å². The predicted molar refractivity (Wildman–Crippen MR) is 133 cm³/mol. The summed E-state index contributed by atoms with van der Waals surface area (Å²) in [5.41, 5.74) is 7.91. The summed E-state index contributed by atoms with van der Waals surface area (Å²) in [5.74, 6) is 0.555. The molecule has 1 heterocycles. The molecule has 1 fully saturated rings. The van der Waals surface area contributed by atoms with E-state index in [0.717, 1.165) is 16.8 Å². The third-order valence-corrected chi connectivity index (χ3v) is 5.64. The smallest absolute Gasteiger partial charge is 0.266 e. The van der Waals surface area contributed by atoms with Crippen molar-refractivity contribution in [3.05, 3.63) is 58.5 Å². The second-order valence-electron chi connectivity index (χ2n) is 8.04. The van der Waals surface area contributed by atoms with Gasteiger partial charge in [-0.1, -0.05) is 37.6 Å². The maximum atomic E-state index is 13.2. The number of ether oxygens (including phenoxy) is 2. The van der Waals surface area contributed by atoms with Gasteiger partial charge in [-0.15, -0.1) is 0 Å². The van der Waals surface area contributed by atoms with Gasteiger partial charge in [-0.2, -0.15) is 0 Å². The number of aryl methyl sites for hydroxylation is 1. The molecule has 174 valence electrons. The van der Waals surface area contributed by atoms with E-state index in [0.29, 0.717) is 40.6 Å². The lowest BCUT2D eigenvalue weighted by Gasteiger charge is -2.17. The third-order valence-electron chi connectivity index (χ3n) is 4.63. The fourth-order valence-electron chi connectivity index (χ4n) is 3.15. The average molecular weight is 468 g/mol. The topological polar surface area (TPSA) is 94.2 Å². The lowest BCUT2D eigenvalue weighted by Crippen LogP contribution is -2.32. The lowest BCUT2D eigenvalue weighted by molar-refractivity contribution is -0.122. The molecule has 33 heavy (non-hydrogen) atoms. The Balaban J connectivity index is 1.91. The molecule has 3 rings (SSSR count). The minimum Gasteiger partial charge on any atom is -0.490 e. The van der Waals surface area contributed by atoms with Crippen molar-refractivity contribution in [1.29, 1.82) is 0 Å². The first-order valence-corrected chi connectivity index (χ1v) is 11.6. The minimum atomic E-state index is -0.567. The fourth-order valence-corrected chi connectivity index (χ4v) is 4.16. The Hall–Kier alpha value is -3.26. The van der Waals surface area contributed by atoms with Gasteiger partial charge in [-0.3, -0.25) is 14.5 Å². The summed E-state index contributed by atoms with van der Waals surface area (Å²) in [6, 6.07) is 13.2. The van der Waals surface area contributed by atoms with Gasteiger partial charge in [0.1, 0.15) is 0 Å². The molecule has 2 aromatic rings. The monoisotopic (exact) mass is 467 g/mol. The zero-order chi connectivity index (χ0) is 24.0. The van der Waals surface area contributed by atoms with Crippen LogP contribution in [0.2, 0.25) is 0 Å². The number of rotatable bonds is 9. The van der Waals surface area contributed by atoms with Gasteiger partial charge < -0.3 is 15.2 Å². The largest absolute Gasteiger partial charge is 0.490 e. The summed E-state index contributed by atoms with van der Waals surface area (Å²) >= 11 is 1.35. The lowest BCUT2D eigenvalue weighted by atomic mass is 10.1. The van der Waals surface area contributed by atoms with Crippen LogP contribution in [0, 0.1) is 12.8 Å². The van der Waals surface area contributed by atoms with Crippen LogP contribution in [0.4, 0.5) is 5.69 Å². The number of hydrogen-bond donors (Lipinski definition) is 1. The fraction of sp³-hybridized carbons (Fsp3) is 0.320. The van der Waals surface area contributed by atoms with Crippen LogP contribution in [0.5, 0.6) is 11.5 Å². The molecular formula is C25H29N3O4S. The molecule has 2 aromatic carbocycles. The molecular weight excluding hydrogens is 438 g/mol. The molecule has 0 aromatic heterocycles. The first-order chi connectivity index (χ1) is 15.8. The van der Waals surface area contributed by atoms with Crippen molar-refractivity contribution in [3.63, 3.8) is 0 Å². The van der Waals surface area contributed by atoms with Gasteiger partial charge in [-0.25, -0.2) is 4.99 Å². The van der Waals surface area contributed by atoms with Gasteiger partial charge in [-0.05, 0) is 67.4 Å². The highest BCUT2D eigenvalue weighted by atomic mass is 32.2. The Labute approximate surface area is 198 Å². The number of benzene rings is 2. The van der Waals surface area contributed by atoms with Crippen LogP contribution in [0.25, 0.3) is 6.08 Å². The number of carbonyl (C=O) groups is 2. The first-order valence-electron chi connectivity index (χ1n) is 10.8. The van der Waals surface area contributed by atoms with Crippen LogP contribution in [0.15, 0.2) is 52.4 Å². The molecule has 2 N–H and O–H groups in total. The number of amidine groups is 1. The number of carbonyl (C=O) groups excluding carboxylic acids is 2. The zero-order valence-corrected chi connectivity index (χ0v) is 20.1. The summed E-state index contributed by atoms with van der Waals surface area (Å²) in [4.78, 5) is 31.3. The number of primary amides is 1. The highest BCUT2D eigenvalue weighted by Gasteiger charge is 2.33. The van der Waals surface area contributed by atoms with Gasteiger partial charge in [0.15, 0.2) is 23.3 Å². The van der Waals surface area contributed by atoms with Crippen LogP contribution >= 0.6 is 11.8 Å². The Kier molecular flexibility index (Phi) is 8.16. The Morgan fingerprint density at radius 3 is 2.52 bits per heavy atom. The molecule has 1 aliphatic heterocycles. The summed E-state index contributed by atoms with van der Waals surface area (Å²) in [7, 11) is 0. The first kappa shape index (κ1) is 24.4. The molecule has 0 saturated carbocycles. The molecule has 7 nitrogen and oxygen atoms in total. The second-order valence-corrected chi connectivity index (χ2v) is 9.05. The minimum absolute atomic E-state index is 0.0772. The van der Waals surface area contributed by atoms with Crippen molar-refractivity contribution < 1.29 is 19.1 Å². The second kappa shape index (κ2) is 11.0. The molecule has 0 spiro atoms. The number of aliphatic imine (C=N–C) groups is 1. The molecule has 0 atom stereocenters.